The number of ether oxygens (including phenoxy) is 1. The Morgan fingerprint density at radius 3 is 2.74 bits per heavy atom. The minimum Gasteiger partial charge on any atom is -0.496 e. The van der Waals surface area contributed by atoms with Crippen LogP contribution in [0.5, 0.6) is 5.75 Å². The molecule has 0 atom stereocenters. The summed E-state index contributed by atoms with van der Waals surface area (Å²) in [5, 5.41) is 7.89. The van der Waals surface area contributed by atoms with Gasteiger partial charge < -0.3 is 19.1 Å². The Balaban J connectivity index is 1.31. The molecule has 3 heterocycles. The Morgan fingerprint density at radius 2 is 1.94 bits per heavy atom. The van der Waals surface area contributed by atoms with E-state index in [1.165, 1.54) is 0 Å². The first-order valence-electron chi connectivity index (χ1n) is 10.2. The molecule has 4 rings (SSSR count). The van der Waals surface area contributed by atoms with Gasteiger partial charge in [-0.25, -0.2) is 0 Å². The van der Waals surface area contributed by atoms with Crippen molar-refractivity contribution >= 4 is 23.2 Å². The molecule has 8 nitrogen and oxygen atoms in total. The molecule has 1 fully saturated rings. The van der Waals surface area contributed by atoms with Crippen LogP contribution in [0.15, 0.2) is 45.6 Å². The number of aromatic nitrogens is 2. The van der Waals surface area contributed by atoms with Gasteiger partial charge in [-0.05, 0) is 30.0 Å². The molecule has 0 radical (unpaired) electrons. The van der Waals surface area contributed by atoms with Crippen LogP contribution in [-0.4, -0.2) is 65.0 Å². The van der Waals surface area contributed by atoms with Crippen LogP contribution in [0.1, 0.15) is 29.1 Å². The zero-order chi connectivity index (χ0) is 21.6. The summed E-state index contributed by atoms with van der Waals surface area (Å²) in [4.78, 5) is 33.6. The predicted molar refractivity (Wildman–Crippen MR) is 116 cm³/mol. The summed E-state index contributed by atoms with van der Waals surface area (Å²) in [7, 11) is 1.56. The fourth-order valence-corrected chi connectivity index (χ4v) is 4.23. The standard InChI is InChI=1S/C22H24N4O4S/c1-29-18-6-3-2-5-17(18)22(28)26-11-4-10-25(12-13-26)20(27)8-7-19-23-21(24-30-19)16-9-14-31-15-16/h2-3,5-6,9,14-15H,4,7-8,10-13H2,1H3. The minimum absolute atomic E-state index is 0.0295. The Morgan fingerprint density at radius 1 is 1.13 bits per heavy atom. The van der Waals surface area contributed by atoms with E-state index in [0.717, 1.165) is 12.0 Å². The van der Waals surface area contributed by atoms with E-state index < -0.39 is 0 Å². The van der Waals surface area contributed by atoms with Crippen LogP contribution in [0, 0.1) is 0 Å². The molecule has 3 aromatic rings. The number of amides is 2. The number of thiophene rings is 1. The maximum absolute atomic E-state index is 12.9. The third-order valence-electron chi connectivity index (χ3n) is 5.27. The second-order valence-corrected chi connectivity index (χ2v) is 8.03. The van der Waals surface area contributed by atoms with Gasteiger partial charge in [-0.2, -0.15) is 16.3 Å². The van der Waals surface area contributed by atoms with Gasteiger partial charge in [0.25, 0.3) is 5.91 Å². The summed E-state index contributed by atoms with van der Waals surface area (Å²) in [5.74, 6) is 1.52. The van der Waals surface area contributed by atoms with Gasteiger partial charge in [0.05, 0.1) is 12.7 Å². The lowest BCUT2D eigenvalue weighted by molar-refractivity contribution is -0.131. The Hall–Kier alpha value is -3.20. The molecule has 9 heteroatoms. The summed E-state index contributed by atoms with van der Waals surface area (Å²) in [6, 6.07) is 9.14. The number of rotatable bonds is 6. The van der Waals surface area contributed by atoms with Crippen LogP contribution < -0.4 is 4.74 Å². The van der Waals surface area contributed by atoms with Crippen molar-refractivity contribution in [1.82, 2.24) is 19.9 Å². The van der Waals surface area contributed by atoms with E-state index in [9.17, 15) is 9.59 Å². The van der Waals surface area contributed by atoms with E-state index in [1.54, 1.807) is 35.5 Å². The summed E-state index contributed by atoms with van der Waals surface area (Å²) in [6.45, 7) is 2.22. The van der Waals surface area contributed by atoms with Crippen molar-refractivity contribution < 1.29 is 18.8 Å². The van der Waals surface area contributed by atoms with Gasteiger partial charge in [0.2, 0.25) is 17.6 Å². The van der Waals surface area contributed by atoms with E-state index in [-0.39, 0.29) is 11.8 Å². The van der Waals surface area contributed by atoms with Gasteiger partial charge in [0, 0.05) is 50.0 Å². The average molecular weight is 441 g/mol. The molecule has 0 bridgehead atoms. The zero-order valence-electron chi connectivity index (χ0n) is 17.3. The smallest absolute Gasteiger partial charge is 0.257 e. The van der Waals surface area contributed by atoms with Crippen LogP contribution >= 0.6 is 11.3 Å². The lowest BCUT2D eigenvalue weighted by Crippen LogP contribution is -2.37. The van der Waals surface area contributed by atoms with Crippen LogP contribution in [0.25, 0.3) is 11.4 Å². The third kappa shape index (κ3) is 4.93. The van der Waals surface area contributed by atoms with Crippen LogP contribution in [-0.2, 0) is 11.2 Å². The third-order valence-corrected chi connectivity index (χ3v) is 5.96. The number of methoxy groups -OCH3 is 1. The van der Waals surface area contributed by atoms with E-state index in [4.69, 9.17) is 9.26 Å². The lowest BCUT2D eigenvalue weighted by atomic mass is 10.1. The van der Waals surface area contributed by atoms with Gasteiger partial charge in [-0.1, -0.05) is 17.3 Å². The number of carbonyl (C=O) groups is 2. The van der Waals surface area contributed by atoms with Gasteiger partial charge in [-0.15, -0.1) is 0 Å². The molecular formula is C22H24N4O4S. The number of benzene rings is 1. The first-order valence-corrected chi connectivity index (χ1v) is 11.1. The Bertz CT molecular complexity index is 1030. The molecule has 1 aromatic carbocycles. The molecule has 1 aliphatic rings. The highest BCUT2D eigenvalue weighted by Gasteiger charge is 2.24. The monoisotopic (exact) mass is 440 g/mol. The second-order valence-electron chi connectivity index (χ2n) is 7.25. The van der Waals surface area contributed by atoms with Gasteiger partial charge in [0.1, 0.15) is 5.75 Å². The minimum atomic E-state index is -0.0708. The maximum Gasteiger partial charge on any atom is 0.257 e. The molecule has 31 heavy (non-hydrogen) atoms. The fourth-order valence-electron chi connectivity index (χ4n) is 3.60. The van der Waals surface area contributed by atoms with Crippen LogP contribution in [0.2, 0.25) is 0 Å². The number of hydrogen-bond acceptors (Lipinski definition) is 7. The van der Waals surface area contributed by atoms with E-state index >= 15 is 0 Å². The Labute approximate surface area is 184 Å². The van der Waals surface area contributed by atoms with Crippen molar-refractivity contribution in [3.8, 4) is 17.1 Å². The highest BCUT2D eigenvalue weighted by molar-refractivity contribution is 7.08. The molecule has 1 aliphatic heterocycles. The SMILES string of the molecule is COc1ccccc1C(=O)N1CCCN(C(=O)CCc2nc(-c3ccsc3)no2)CC1. The molecule has 2 aromatic heterocycles. The number of hydrogen-bond donors (Lipinski definition) is 0. The highest BCUT2D eigenvalue weighted by atomic mass is 32.1. The summed E-state index contributed by atoms with van der Waals surface area (Å²) < 4.78 is 10.6. The molecule has 0 spiro atoms. The summed E-state index contributed by atoms with van der Waals surface area (Å²) >= 11 is 1.57. The van der Waals surface area contributed by atoms with Crippen LogP contribution in [0.4, 0.5) is 0 Å². The van der Waals surface area contributed by atoms with Gasteiger partial charge in [-0.3, -0.25) is 9.59 Å². The molecular weight excluding hydrogens is 416 g/mol. The molecule has 0 N–H and O–H groups in total. The molecule has 2 amide bonds. The molecule has 0 aliphatic carbocycles. The topological polar surface area (TPSA) is 88.8 Å². The molecule has 0 unspecified atom stereocenters. The summed E-state index contributed by atoms with van der Waals surface area (Å²) in [6.07, 6.45) is 1.43. The number of aryl methyl sites for hydroxylation is 1. The molecule has 162 valence electrons. The zero-order valence-corrected chi connectivity index (χ0v) is 18.1. The van der Waals surface area contributed by atoms with Gasteiger partial charge in [0.15, 0.2) is 0 Å². The Kier molecular flexibility index (Phi) is 6.61. The summed E-state index contributed by atoms with van der Waals surface area (Å²) in [5.41, 5.74) is 1.46. The van der Waals surface area contributed by atoms with Crippen LogP contribution in [0.3, 0.4) is 0 Å². The fraction of sp³-hybridized carbons (Fsp3) is 0.364. The van der Waals surface area contributed by atoms with Crippen molar-refractivity contribution in [2.24, 2.45) is 0 Å². The molecule has 1 saturated heterocycles. The average Bonchev–Trinajstić information content (AvgIpc) is 3.44. The van der Waals surface area contributed by atoms with E-state index in [0.29, 0.717) is 62.0 Å². The van der Waals surface area contributed by atoms with Crippen molar-refractivity contribution in [3.05, 3.63) is 52.5 Å². The predicted octanol–water partition coefficient (Wildman–Crippen LogP) is 3.11. The van der Waals surface area contributed by atoms with Crippen molar-refractivity contribution in [3.63, 3.8) is 0 Å². The molecule has 0 saturated carbocycles. The first-order chi connectivity index (χ1) is 15.2. The largest absolute Gasteiger partial charge is 0.496 e. The maximum atomic E-state index is 12.9. The van der Waals surface area contributed by atoms with Gasteiger partial charge >= 0.3 is 0 Å². The quantitative estimate of drug-likeness (QED) is 0.585. The number of nitrogens with zero attached hydrogens (tertiary/aromatic N) is 4. The normalized spacial score (nSPS) is 14.4. The number of carbonyl (C=O) groups excluding carboxylic acids is 2. The second kappa shape index (κ2) is 9.74. The van der Waals surface area contributed by atoms with Crippen molar-refractivity contribution in [2.75, 3.05) is 33.3 Å². The highest BCUT2D eigenvalue weighted by Crippen LogP contribution is 2.21. The first kappa shape index (κ1) is 21.0. The lowest BCUT2D eigenvalue weighted by Gasteiger charge is -2.22. The van der Waals surface area contributed by atoms with Crippen molar-refractivity contribution in [2.45, 2.75) is 19.3 Å². The van der Waals surface area contributed by atoms with E-state index in [1.807, 2.05) is 33.9 Å². The van der Waals surface area contributed by atoms with Crippen molar-refractivity contribution in [1.29, 1.82) is 0 Å². The van der Waals surface area contributed by atoms with E-state index in [2.05, 4.69) is 10.1 Å². The number of para-hydroxylation sites is 1.